The second-order valence-electron chi connectivity index (χ2n) is 5.10. The minimum atomic E-state index is -3.75. The van der Waals surface area contributed by atoms with Gasteiger partial charge in [-0.25, -0.2) is 8.42 Å². The van der Waals surface area contributed by atoms with Crippen LogP contribution < -0.4 is 5.32 Å². The fourth-order valence-electron chi connectivity index (χ4n) is 2.05. The number of hydrogen-bond donors (Lipinski definition) is 1. The van der Waals surface area contributed by atoms with Gasteiger partial charge in [-0.15, -0.1) is 0 Å². The molecule has 0 saturated heterocycles. The molecule has 1 aromatic rings. The first-order chi connectivity index (χ1) is 8.79. The fourth-order valence-corrected chi connectivity index (χ4v) is 2.88. The Bertz CT molecular complexity index is 612. The number of benzene rings is 1. The number of rotatable bonds is 4. The van der Waals surface area contributed by atoms with Crippen LogP contribution in [0.25, 0.3) is 0 Å². The van der Waals surface area contributed by atoms with Crippen LogP contribution in [0.5, 0.6) is 0 Å². The van der Waals surface area contributed by atoms with Gasteiger partial charge in [0.25, 0.3) is 15.0 Å². The van der Waals surface area contributed by atoms with Gasteiger partial charge in [0.1, 0.15) is 0 Å². The molecule has 4 nitrogen and oxygen atoms in total. The molecule has 1 fully saturated rings. The lowest BCUT2D eigenvalue weighted by atomic mass is 10.1. The average molecular weight is 302 g/mol. The Kier molecular flexibility index (Phi) is 3.87. The number of halogens is 1. The maximum atomic E-state index is 12.0. The van der Waals surface area contributed by atoms with Crippen LogP contribution in [0.2, 0.25) is 0 Å². The third-order valence-corrected chi connectivity index (χ3v) is 4.88. The molecule has 0 aliphatic heterocycles. The van der Waals surface area contributed by atoms with Crippen molar-refractivity contribution in [2.24, 2.45) is 11.8 Å². The van der Waals surface area contributed by atoms with E-state index in [1.54, 1.807) is 6.92 Å². The summed E-state index contributed by atoms with van der Waals surface area (Å²) in [6.07, 6.45) is 1.16. The van der Waals surface area contributed by atoms with Crippen molar-refractivity contribution < 1.29 is 13.2 Å². The highest BCUT2D eigenvalue weighted by Crippen LogP contribution is 2.36. The lowest BCUT2D eigenvalue weighted by Crippen LogP contribution is -2.26. The second-order valence-corrected chi connectivity index (χ2v) is 7.66. The Hall–Kier alpha value is -1.07. The van der Waals surface area contributed by atoms with Crippen molar-refractivity contribution in [1.29, 1.82) is 0 Å². The largest absolute Gasteiger partial charge is 0.352 e. The van der Waals surface area contributed by atoms with E-state index in [0.717, 1.165) is 6.42 Å². The van der Waals surface area contributed by atoms with Crippen LogP contribution in [0, 0.1) is 18.8 Å². The summed E-state index contributed by atoms with van der Waals surface area (Å²) in [6.45, 7) is 4.53. The van der Waals surface area contributed by atoms with Crippen LogP contribution in [0.4, 0.5) is 0 Å². The highest BCUT2D eigenvalue weighted by molar-refractivity contribution is 8.13. The van der Waals surface area contributed by atoms with Crippen LogP contribution in [0.3, 0.4) is 0 Å². The molecule has 1 amide bonds. The van der Waals surface area contributed by atoms with E-state index in [1.807, 2.05) is 0 Å². The molecule has 19 heavy (non-hydrogen) atoms. The Morgan fingerprint density at radius 1 is 1.47 bits per heavy atom. The minimum Gasteiger partial charge on any atom is -0.352 e. The summed E-state index contributed by atoms with van der Waals surface area (Å²) < 4.78 is 22.4. The van der Waals surface area contributed by atoms with E-state index in [2.05, 4.69) is 12.2 Å². The normalized spacial score (nSPS) is 22.1. The van der Waals surface area contributed by atoms with Gasteiger partial charge in [0.2, 0.25) is 0 Å². The maximum Gasteiger partial charge on any atom is 0.261 e. The fraction of sp³-hybridized carbons (Fsp3) is 0.462. The molecule has 0 heterocycles. The first-order valence-electron chi connectivity index (χ1n) is 6.12. The predicted molar refractivity (Wildman–Crippen MR) is 73.8 cm³/mol. The van der Waals surface area contributed by atoms with Gasteiger partial charge < -0.3 is 5.32 Å². The second kappa shape index (κ2) is 5.13. The van der Waals surface area contributed by atoms with Crippen molar-refractivity contribution in [2.45, 2.75) is 25.2 Å². The number of amides is 1. The molecule has 104 valence electrons. The highest BCUT2D eigenvalue weighted by Gasteiger charge is 2.32. The molecule has 1 aromatic carbocycles. The summed E-state index contributed by atoms with van der Waals surface area (Å²) in [4.78, 5) is 12.0. The summed E-state index contributed by atoms with van der Waals surface area (Å²) >= 11 is 0. The van der Waals surface area contributed by atoms with Crippen LogP contribution in [0.15, 0.2) is 23.1 Å². The standard InChI is InChI=1S/C13H16ClNO3S/c1-8-5-10(8)7-15-13(16)12-4-3-11(6-9(12)2)19(14,17)18/h3-4,6,8,10H,5,7H2,1-2H3,(H,15,16). The number of aryl methyl sites for hydroxylation is 1. The molecule has 2 atom stereocenters. The monoisotopic (exact) mass is 301 g/mol. The van der Waals surface area contributed by atoms with Gasteiger partial charge in [-0.3, -0.25) is 4.79 Å². The molecule has 2 rings (SSSR count). The summed E-state index contributed by atoms with van der Waals surface area (Å²) in [5, 5.41) is 2.87. The van der Waals surface area contributed by atoms with Gasteiger partial charge in [0.05, 0.1) is 4.90 Å². The van der Waals surface area contributed by atoms with E-state index in [9.17, 15) is 13.2 Å². The molecule has 0 radical (unpaired) electrons. The maximum absolute atomic E-state index is 12.0. The van der Waals surface area contributed by atoms with Gasteiger partial charge in [0, 0.05) is 22.8 Å². The zero-order chi connectivity index (χ0) is 14.2. The van der Waals surface area contributed by atoms with Gasteiger partial charge in [0.15, 0.2) is 0 Å². The van der Waals surface area contributed by atoms with Gasteiger partial charge in [-0.05, 0) is 48.9 Å². The predicted octanol–water partition coefficient (Wildman–Crippen LogP) is 2.31. The van der Waals surface area contributed by atoms with E-state index < -0.39 is 9.05 Å². The molecule has 2 unspecified atom stereocenters. The van der Waals surface area contributed by atoms with E-state index in [0.29, 0.717) is 29.5 Å². The highest BCUT2D eigenvalue weighted by atomic mass is 35.7. The average Bonchev–Trinajstić information content (AvgIpc) is 3.01. The quantitative estimate of drug-likeness (QED) is 0.868. The van der Waals surface area contributed by atoms with E-state index in [-0.39, 0.29) is 10.8 Å². The first kappa shape index (κ1) is 14.3. The number of carbonyl (C=O) groups excluding carboxylic acids is 1. The van der Waals surface area contributed by atoms with Crippen molar-refractivity contribution in [3.8, 4) is 0 Å². The molecule has 0 aromatic heterocycles. The van der Waals surface area contributed by atoms with Crippen molar-refractivity contribution in [3.63, 3.8) is 0 Å². The molecule has 6 heteroatoms. The topological polar surface area (TPSA) is 63.2 Å². The smallest absolute Gasteiger partial charge is 0.261 e. The molecule has 1 N–H and O–H groups in total. The van der Waals surface area contributed by atoms with E-state index >= 15 is 0 Å². The summed E-state index contributed by atoms with van der Waals surface area (Å²) in [7, 11) is 1.51. The van der Waals surface area contributed by atoms with E-state index in [4.69, 9.17) is 10.7 Å². The van der Waals surface area contributed by atoms with Crippen molar-refractivity contribution in [1.82, 2.24) is 5.32 Å². The van der Waals surface area contributed by atoms with Gasteiger partial charge >= 0.3 is 0 Å². The Morgan fingerprint density at radius 3 is 2.58 bits per heavy atom. The van der Waals surface area contributed by atoms with Crippen molar-refractivity contribution in [3.05, 3.63) is 29.3 Å². The lowest BCUT2D eigenvalue weighted by Gasteiger charge is -2.08. The summed E-state index contributed by atoms with van der Waals surface area (Å²) in [5.41, 5.74) is 1.08. The Balaban J connectivity index is 2.10. The van der Waals surface area contributed by atoms with Gasteiger partial charge in [-0.1, -0.05) is 6.92 Å². The van der Waals surface area contributed by atoms with Crippen molar-refractivity contribution in [2.75, 3.05) is 6.54 Å². The number of hydrogen-bond acceptors (Lipinski definition) is 3. The molecule has 1 aliphatic rings. The van der Waals surface area contributed by atoms with E-state index in [1.165, 1.54) is 18.2 Å². The molecule has 0 spiro atoms. The summed E-state index contributed by atoms with van der Waals surface area (Å²) in [6, 6.07) is 4.26. The molecule has 1 saturated carbocycles. The zero-order valence-electron chi connectivity index (χ0n) is 10.8. The van der Waals surface area contributed by atoms with Crippen LogP contribution in [0.1, 0.15) is 29.3 Å². The third kappa shape index (κ3) is 3.48. The van der Waals surface area contributed by atoms with Crippen molar-refractivity contribution >= 4 is 25.6 Å². The van der Waals surface area contributed by atoms with Crippen LogP contribution in [-0.4, -0.2) is 20.9 Å². The number of carbonyl (C=O) groups is 1. The SMILES string of the molecule is Cc1cc(S(=O)(=O)Cl)ccc1C(=O)NCC1CC1C. The lowest BCUT2D eigenvalue weighted by molar-refractivity contribution is 0.0950. The molecular formula is C13H16ClNO3S. The zero-order valence-corrected chi connectivity index (χ0v) is 12.4. The van der Waals surface area contributed by atoms with Crippen LogP contribution >= 0.6 is 10.7 Å². The Labute approximate surface area is 117 Å². The van der Waals surface area contributed by atoms with Crippen LogP contribution in [-0.2, 0) is 9.05 Å². The molecule has 1 aliphatic carbocycles. The first-order valence-corrected chi connectivity index (χ1v) is 8.43. The minimum absolute atomic E-state index is 0.0130. The van der Waals surface area contributed by atoms with Gasteiger partial charge in [-0.2, -0.15) is 0 Å². The summed E-state index contributed by atoms with van der Waals surface area (Å²) in [5.74, 6) is 1.09. The third-order valence-electron chi connectivity index (χ3n) is 3.52. The molecule has 0 bridgehead atoms. The molecular weight excluding hydrogens is 286 g/mol. The number of nitrogens with one attached hydrogen (secondary N) is 1. The Morgan fingerprint density at radius 2 is 2.11 bits per heavy atom.